The Bertz CT molecular complexity index is 678. The number of hydrogen-bond donors (Lipinski definition) is 2. The van der Waals surface area contributed by atoms with Crippen molar-refractivity contribution in [3.05, 3.63) is 47.3 Å². The van der Waals surface area contributed by atoms with Crippen molar-refractivity contribution >= 4 is 17.3 Å². The number of carboxylic acids is 1. The van der Waals surface area contributed by atoms with Gasteiger partial charge >= 0.3 is 5.97 Å². The van der Waals surface area contributed by atoms with Gasteiger partial charge in [-0.05, 0) is 39.8 Å². The Morgan fingerprint density at radius 2 is 1.88 bits per heavy atom. The van der Waals surface area contributed by atoms with Gasteiger partial charge in [0.15, 0.2) is 11.6 Å². The van der Waals surface area contributed by atoms with Crippen LogP contribution < -0.4 is 4.72 Å². The number of carboxylic acid groups (broad SMARTS) is 1. The molecule has 1 aromatic rings. The number of alkyl halides is 1. The van der Waals surface area contributed by atoms with Crippen LogP contribution in [0.1, 0.15) is 33.3 Å². The van der Waals surface area contributed by atoms with E-state index < -0.39 is 56.8 Å². The summed E-state index contributed by atoms with van der Waals surface area (Å²) in [4.78, 5) is 10.6. The van der Waals surface area contributed by atoms with E-state index in [4.69, 9.17) is 5.11 Å². The summed E-state index contributed by atoms with van der Waals surface area (Å²) >= 11 is -1.95. The molecule has 3 atom stereocenters. The molecule has 0 radical (unpaired) electrons. The molecule has 0 saturated heterocycles. The maximum atomic E-state index is 14.7. The van der Waals surface area contributed by atoms with Crippen molar-refractivity contribution in [2.45, 2.75) is 44.2 Å². The summed E-state index contributed by atoms with van der Waals surface area (Å²) in [6.45, 7) is 5.71. The van der Waals surface area contributed by atoms with Crippen LogP contribution in [-0.2, 0) is 21.7 Å². The van der Waals surface area contributed by atoms with Gasteiger partial charge in [0.2, 0.25) is 5.83 Å². The number of hydrogen-bond acceptors (Lipinski definition) is 3. The van der Waals surface area contributed by atoms with Gasteiger partial charge in [0.05, 0.1) is 0 Å². The molecular weight excluding hydrogens is 362 g/mol. The standard InChI is InChI=1S/C16H19F4NO3S/c1-15(2,3)25(24)21-16(4,12(19)8-11(18)14(22)23)9-6-5-7-10(17)13(9)20/h5-8,12,21H,1-4H3,(H,22,23)/t12-,16?,25?/m0/s1. The third-order valence-electron chi connectivity index (χ3n) is 3.42. The van der Waals surface area contributed by atoms with Gasteiger partial charge < -0.3 is 9.66 Å². The predicted molar refractivity (Wildman–Crippen MR) is 86.5 cm³/mol. The first-order valence-electron chi connectivity index (χ1n) is 7.19. The first-order valence-corrected chi connectivity index (χ1v) is 8.34. The van der Waals surface area contributed by atoms with E-state index in [0.717, 1.165) is 25.1 Å². The SMILES string of the molecule is CC(N[S+]([O-])C(C)(C)C)(c1cccc(F)c1F)[C@@H](F)C=C(F)C(=O)O. The lowest BCUT2D eigenvalue weighted by Gasteiger charge is -2.36. The molecule has 25 heavy (non-hydrogen) atoms. The van der Waals surface area contributed by atoms with Gasteiger partial charge in [-0.15, -0.1) is 4.72 Å². The monoisotopic (exact) mass is 381 g/mol. The minimum absolute atomic E-state index is 0.111. The van der Waals surface area contributed by atoms with Crippen molar-refractivity contribution in [1.29, 1.82) is 0 Å². The molecule has 0 saturated carbocycles. The Balaban J connectivity index is 3.48. The first-order chi connectivity index (χ1) is 11.3. The molecule has 0 fully saturated rings. The summed E-state index contributed by atoms with van der Waals surface area (Å²) in [5.41, 5.74) is -2.73. The average molecular weight is 381 g/mol. The van der Waals surface area contributed by atoms with E-state index in [9.17, 15) is 26.9 Å². The molecule has 2 unspecified atom stereocenters. The van der Waals surface area contributed by atoms with E-state index in [1.807, 2.05) is 0 Å². The normalized spacial score (nSPS) is 17.7. The van der Waals surface area contributed by atoms with Gasteiger partial charge in [0.25, 0.3) is 0 Å². The van der Waals surface area contributed by atoms with Gasteiger partial charge in [-0.25, -0.2) is 18.0 Å². The van der Waals surface area contributed by atoms with Crippen LogP contribution in [0.15, 0.2) is 30.1 Å². The van der Waals surface area contributed by atoms with Crippen LogP contribution in [0.3, 0.4) is 0 Å². The van der Waals surface area contributed by atoms with Crippen molar-refractivity contribution in [1.82, 2.24) is 4.72 Å². The number of rotatable bonds is 6. The van der Waals surface area contributed by atoms with E-state index in [-0.39, 0.29) is 6.08 Å². The van der Waals surface area contributed by atoms with Gasteiger partial charge in [-0.3, -0.25) is 0 Å². The van der Waals surface area contributed by atoms with Crippen LogP contribution in [0, 0.1) is 11.6 Å². The minimum atomic E-state index is -2.45. The maximum absolute atomic E-state index is 14.7. The quantitative estimate of drug-likeness (QED) is 0.449. The zero-order valence-electron chi connectivity index (χ0n) is 14.1. The zero-order valence-corrected chi connectivity index (χ0v) is 14.9. The van der Waals surface area contributed by atoms with Crippen molar-refractivity contribution in [2.24, 2.45) is 0 Å². The second kappa shape index (κ2) is 7.76. The molecule has 0 aliphatic carbocycles. The fraction of sp³-hybridized carbons (Fsp3) is 0.438. The lowest BCUT2D eigenvalue weighted by atomic mass is 9.87. The van der Waals surface area contributed by atoms with Crippen LogP contribution in [-0.4, -0.2) is 26.5 Å². The van der Waals surface area contributed by atoms with Crippen LogP contribution in [0.25, 0.3) is 0 Å². The molecule has 0 bridgehead atoms. The summed E-state index contributed by atoms with van der Waals surface area (Å²) < 4.78 is 69.6. The van der Waals surface area contributed by atoms with Crippen molar-refractivity contribution in [3.63, 3.8) is 0 Å². The van der Waals surface area contributed by atoms with E-state index >= 15 is 0 Å². The van der Waals surface area contributed by atoms with Crippen LogP contribution in [0.2, 0.25) is 0 Å². The second-order valence-electron chi connectivity index (χ2n) is 6.51. The molecule has 0 aliphatic heterocycles. The molecule has 1 rings (SSSR count). The van der Waals surface area contributed by atoms with Gasteiger partial charge in [0.1, 0.15) is 16.5 Å². The Hall–Kier alpha value is -1.58. The predicted octanol–water partition coefficient (Wildman–Crippen LogP) is 3.51. The van der Waals surface area contributed by atoms with Gasteiger partial charge in [-0.2, -0.15) is 4.39 Å². The lowest BCUT2D eigenvalue weighted by Crippen LogP contribution is -2.54. The summed E-state index contributed by atoms with van der Waals surface area (Å²) in [6, 6.07) is 2.96. The summed E-state index contributed by atoms with van der Waals surface area (Å²) in [5.74, 6) is -6.50. The van der Waals surface area contributed by atoms with Crippen LogP contribution in [0.4, 0.5) is 17.6 Å². The number of benzene rings is 1. The molecule has 0 amide bonds. The van der Waals surface area contributed by atoms with E-state index in [2.05, 4.69) is 4.72 Å². The topological polar surface area (TPSA) is 72.4 Å². The fourth-order valence-corrected chi connectivity index (χ4v) is 2.79. The largest absolute Gasteiger partial charge is 0.598 e. The van der Waals surface area contributed by atoms with Crippen molar-refractivity contribution < 1.29 is 32.0 Å². The number of nitrogens with one attached hydrogen (secondary N) is 1. The van der Waals surface area contributed by atoms with Crippen molar-refractivity contribution in [2.75, 3.05) is 0 Å². The first kappa shape index (κ1) is 21.5. The highest BCUT2D eigenvalue weighted by atomic mass is 32.2. The van der Waals surface area contributed by atoms with E-state index in [1.54, 1.807) is 20.8 Å². The molecule has 1 aromatic carbocycles. The van der Waals surface area contributed by atoms with E-state index in [0.29, 0.717) is 0 Å². The molecular formula is C16H19F4NO3S. The third kappa shape index (κ3) is 4.96. The Labute approximate surface area is 146 Å². The Kier molecular flexibility index (Phi) is 6.66. The zero-order chi connectivity index (χ0) is 19.6. The summed E-state index contributed by atoms with van der Waals surface area (Å²) in [5, 5.41) is 8.55. The number of halogens is 4. The number of carbonyl (C=O) groups is 1. The highest BCUT2D eigenvalue weighted by molar-refractivity contribution is 7.90. The third-order valence-corrected chi connectivity index (χ3v) is 5.14. The Morgan fingerprint density at radius 3 is 2.36 bits per heavy atom. The highest BCUT2D eigenvalue weighted by Crippen LogP contribution is 2.34. The molecule has 4 nitrogen and oxygen atoms in total. The molecule has 140 valence electrons. The molecule has 0 aliphatic rings. The smallest absolute Gasteiger partial charge is 0.364 e. The summed E-state index contributed by atoms with van der Waals surface area (Å²) in [6.07, 6.45) is -2.34. The minimum Gasteiger partial charge on any atom is -0.598 e. The molecule has 0 spiro atoms. The molecule has 2 N–H and O–H groups in total. The maximum Gasteiger partial charge on any atom is 0.364 e. The highest BCUT2D eigenvalue weighted by Gasteiger charge is 2.45. The number of aliphatic carboxylic acids is 1. The van der Waals surface area contributed by atoms with E-state index in [1.165, 1.54) is 0 Å². The van der Waals surface area contributed by atoms with Crippen molar-refractivity contribution in [3.8, 4) is 0 Å². The molecule has 9 heteroatoms. The van der Waals surface area contributed by atoms with Crippen LogP contribution in [0.5, 0.6) is 0 Å². The molecule has 0 heterocycles. The Morgan fingerprint density at radius 1 is 1.32 bits per heavy atom. The van der Waals surface area contributed by atoms with Crippen LogP contribution >= 0.6 is 0 Å². The summed E-state index contributed by atoms with van der Waals surface area (Å²) in [7, 11) is 0. The fourth-order valence-electron chi connectivity index (χ4n) is 1.88. The van der Waals surface area contributed by atoms with Gasteiger partial charge in [0, 0.05) is 16.9 Å². The van der Waals surface area contributed by atoms with Gasteiger partial charge in [-0.1, -0.05) is 12.1 Å². The second-order valence-corrected chi connectivity index (χ2v) is 8.47. The average Bonchev–Trinajstić information content (AvgIpc) is 2.48. The lowest BCUT2D eigenvalue weighted by molar-refractivity contribution is -0.134. The molecule has 0 aromatic heterocycles.